The number of rotatable bonds is 4. The predicted octanol–water partition coefficient (Wildman–Crippen LogP) is 1.23. The van der Waals surface area contributed by atoms with Crippen molar-refractivity contribution in [3.63, 3.8) is 0 Å². The highest BCUT2D eigenvalue weighted by molar-refractivity contribution is 5.84. The minimum atomic E-state index is -0.326. The molecular weight excluding hydrogens is 166 g/mol. The van der Waals surface area contributed by atoms with Crippen molar-refractivity contribution in [2.24, 2.45) is 0 Å². The number of Topliss-reactive ketones (excluding diaryl/α,β-unsaturated/α-hetero) is 1. The molecule has 70 valence electrons. The van der Waals surface area contributed by atoms with E-state index in [-0.39, 0.29) is 11.9 Å². The summed E-state index contributed by atoms with van der Waals surface area (Å²) in [5.74, 6) is 0.0914. The van der Waals surface area contributed by atoms with E-state index in [2.05, 4.69) is 4.98 Å². The third-order valence-corrected chi connectivity index (χ3v) is 1.93. The van der Waals surface area contributed by atoms with Gasteiger partial charge in [0.2, 0.25) is 0 Å². The molecule has 3 nitrogen and oxygen atoms in total. The van der Waals surface area contributed by atoms with Crippen LogP contribution in [0.3, 0.4) is 0 Å². The van der Waals surface area contributed by atoms with Crippen molar-refractivity contribution in [3.05, 3.63) is 30.1 Å². The molecule has 0 bridgehead atoms. The van der Waals surface area contributed by atoms with Gasteiger partial charge in [-0.15, -0.1) is 0 Å². The molecule has 0 radical (unpaired) electrons. The summed E-state index contributed by atoms with van der Waals surface area (Å²) >= 11 is 0. The van der Waals surface area contributed by atoms with E-state index in [0.717, 1.165) is 5.56 Å². The zero-order valence-electron chi connectivity index (χ0n) is 7.86. The Bertz CT molecular complexity index is 272. The van der Waals surface area contributed by atoms with Crippen LogP contribution >= 0.6 is 0 Å². The van der Waals surface area contributed by atoms with Crippen LogP contribution in [0.25, 0.3) is 0 Å². The summed E-state index contributed by atoms with van der Waals surface area (Å²) in [6.45, 7) is 1.75. The zero-order chi connectivity index (χ0) is 9.68. The Labute approximate surface area is 77.8 Å². The maximum Gasteiger partial charge on any atom is 0.165 e. The average molecular weight is 179 g/mol. The molecule has 1 unspecified atom stereocenters. The van der Waals surface area contributed by atoms with Crippen LogP contribution in [0.15, 0.2) is 24.5 Å². The molecule has 13 heavy (non-hydrogen) atoms. The third kappa shape index (κ3) is 2.95. The first-order chi connectivity index (χ1) is 6.24. The lowest BCUT2D eigenvalue weighted by molar-refractivity contribution is -0.127. The monoisotopic (exact) mass is 179 g/mol. The number of hydrogen-bond acceptors (Lipinski definition) is 3. The van der Waals surface area contributed by atoms with Crippen molar-refractivity contribution in [3.8, 4) is 0 Å². The first-order valence-corrected chi connectivity index (χ1v) is 4.18. The van der Waals surface area contributed by atoms with Crippen LogP contribution in [-0.2, 0) is 16.0 Å². The van der Waals surface area contributed by atoms with Crippen LogP contribution in [0.4, 0.5) is 0 Å². The van der Waals surface area contributed by atoms with Crippen molar-refractivity contribution in [2.45, 2.75) is 19.4 Å². The molecule has 1 rings (SSSR count). The van der Waals surface area contributed by atoms with Crippen LogP contribution in [-0.4, -0.2) is 24.0 Å². The van der Waals surface area contributed by atoms with Crippen molar-refractivity contribution >= 4 is 5.78 Å². The van der Waals surface area contributed by atoms with Gasteiger partial charge in [-0.25, -0.2) is 0 Å². The summed E-state index contributed by atoms with van der Waals surface area (Å²) < 4.78 is 4.92. The Balaban J connectivity index is 2.55. The SMILES string of the molecule is COC(C)C(=O)Cc1ccncc1. The number of hydrogen-bond donors (Lipinski definition) is 0. The summed E-state index contributed by atoms with van der Waals surface area (Å²) in [6.07, 6.45) is 3.45. The highest BCUT2D eigenvalue weighted by Crippen LogP contribution is 2.01. The first-order valence-electron chi connectivity index (χ1n) is 4.18. The molecular formula is C10H13NO2. The van der Waals surface area contributed by atoms with Crippen molar-refractivity contribution in [1.82, 2.24) is 4.98 Å². The number of ether oxygens (including phenoxy) is 1. The number of ketones is 1. The molecule has 0 amide bonds. The van der Waals surface area contributed by atoms with Gasteiger partial charge in [-0.1, -0.05) is 0 Å². The van der Waals surface area contributed by atoms with Crippen LogP contribution in [0, 0.1) is 0 Å². The Kier molecular flexibility index (Phi) is 3.58. The molecule has 0 saturated heterocycles. The van der Waals surface area contributed by atoms with E-state index in [9.17, 15) is 4.79 Å². The quantitative estimate of drug-likeness (QED) is 0.697. The summed E-state index contributed by atoms with van der Waals surface area (Å²) in [5, 5.41) is 0. The summed E-state index contributed by atoms with van der Waals surface area (Å²) in [4.78, 5) is 15.3. The number of carbonyl (C=O) groups is 1. The molecule has 0 fully saturated rings. The van der Waals surface area contributed by atoms with Crippen LogP contribution in [0.2, 0.25) is 0 Å². The second-order valence-corrected chi connectivity index (χ2v) is 2.88. The van der Waals surface area contributed by atoms with Gasteiger partial charge in [0.05, 0.1) is 0 Å². The Morgan fingerprint density at radius 3 is 2.69 bits per heavy atom. The molecule has 1 heterocycles. The largest absolute Gasteiger partial charge is 0.374 e. The molecule has 1 atom stereocenters. The van der Waals surface area contributed by atoms with Crippen molar-refractivity contribution in [2.75, 3.05) is 7.11 Å². The Morgan fingerprint density at radius 1 is 1.54 bits per heavy atom. The van der Waals surface area contributed by atoms with Crippen molar-refractivity contribution in [1.29, 1.82) is 0 Å². The van der Waals surface area contributed by atoms with E-state index in [1.165, 1.54) is 7.11 Å². The molecule has 0 aliphatic rings. The highest BCUT2D eigenvalue weighted by Gasteiger charge is 2.11. The van der Waals surface area contributed by atoms with Crippen molar-refractivity contribution < 1.29 is 9.53 Å². The smallest absolute Gasteiger partial charge is 0.165 e. The normalized spacial score (nSPS) is 12.5. The maximum absolute atomic E-state index is 11.4. The molecule has 1 aromatic rings. The van der Waals surface area contributed by atoms with Gasteiger partial charge in [0, 0.05) is 25.9 Å². The fourth-order valence-electron chi connectivity index (χ4n) is 0.977. The summed E-state index contributed by atoms with van der Waals surface area (Å²) in [6, 6.07) is 3.67. The predicted molar refractivity (Wildman–Crippen MR) is 49.4 cm³/mol. The minimum Gasteiger partial charge on any atom is -0.374 e. The first kappa shape index (κ1) is 9.86. The summed E-state index contributed by atoms with van der Waals surface area (Å²) in [5.41, 5.74) is 0.976. The van der Waals surface area contributed by atoms with E-state index in [0.29, 0.717) is 6.42 Å². The maximum atomic E-state index is 11.4. The molecule has 0 aromatic carbocycles. The van der Waals surface area contributed by atoms with Gasteiger partial charge in [-0.2, -0.15) is 0 Å². The number of carbonyl (C=O) groups excluding carboxylic acids is 1. The van der Waals surface area contributed by atoms with E-state index >= 15 is 0 Å². The van der Waals surface area contributed by atoms with Gasteiger partial charge in [0.1, 0.15) is 6.10 Å². The standard InChI is InChI=1S/C10H13NO2/c1-8(13-2)10(12)7-9-3-5-11-6-4-9/h3-6,8H,7H2,1-2H3. The highest BCUT2D eigenvalue weighted by atomic mass is 16.5. The number of aromatic nitrogens is 1. The van der Waals surface area contributed by atoms with E-state index in [1.54, 1.807) is 19.3 Å². The fraction of sp³-hybridized carbons (Fsp3) is 0.400. The number of nitrogens with zero attached hydrogens (tertiary/aromatic N) is 1. The Morgan fingerprint density at radius 2 is 2.15 bits per heavy atom. The van der Waals surface area contributed by atoms with E-state index in [4.69, 9.17) is 4.74 Å². The fourth-order valence-corrected chi connectivity index (χ4v) is 0.977. The lowest BCUT2D eigenvalue weighted by Crippen LogP contribution is -2.20. The van der Waals surface area contributed by atoms with Gasteiger partial charge < -0.3 is 4.74 Å². The lowest BCUT2D eigenvalue weighted by atomic mass is 10.1. The third-order valence-electron chi connectivity index (χ3n) is 1.93. The molecule has 3 heteroatoms. The van der Waals surface area contributed by atoms with Crippen LogP contribution < -0.4 is 0 Å². The molecule has 0 spiro atoms. The zero-order valence-corrected chi connectivity index (χ0v) is 7.86. The average Bonchev–Trinajstić information content (AvgIpc) is 2.18. The molecule has 1 aromatic heterocycles. The van der Waals surface area contributed by atoms with E-state index < -0.39 is 0 Å². The van der Waals surface area contributed by atoms with Gasteiger partial charge in [-0.3, -0.25) is 9.78 Å². The van der Waals surface area contributed by atoms with E-state index in [1.807, 2.05) is 12.1 Å². The number of methoxy groups -OCH3 is 1. The van der Waals surface area contributed by atoms with Gasteiger partial charge >= 0.3 is 0 Å². The Hall–Kier alpha value is -1.22. The molecule has 0 aliphatic heterocycles. The second kappa shape index (κ2) is 4.72. The van der Waals surface area contributed by atoms with Gasteiger partial charge in [-0.05, 0) is 24.6 Å². The van der Waals surface area contributed by atoms with Gasteiger partial charge in [0.25, 0.3) is 0 Å². The molecule has 0 N–H and O–H groups in total. The molecule has 0 saturated carbocycles. The van der Waals surface area contributed by atoms with Crippen LogP contribution in [0.5, 0.6) is 0 Å². The second-order valence-electron chi connectivity index (χ2n) is 2.88. The summed E-state index contributed by atoms with van der Waals surface area (Å²) in [7, 11) is 1.54. The molecule has 0 aliphatic carbocycles. The lowest BCUT2D eigenvalue weighted by Gasteiger charge is -2.07. The van der Waals surface area contributed by atoms with Gasteiger partial charge in [0.15, 0.2) is 5.78 Å². The van der Waals surface area contributed by atoms with Crippen LogP contribution in [0.1, 0.15) is 12.5 Å². The number of pyridine rings is 1. The minimum absolute atomic E-state index is 0.0914. The topological polar surface area (TPSA) is 39.2 Å².